The van der Waals surface area contributed by atoms with Crippen LogP contribution in [0.5, 0.6) is 5.75 Å². The molecule has 0 amide bonds. The number of aliphatic hydroxyl groups is 1. The predicted molar refractivity (Wildman–Crippen MR) is 87.0 cm³/mol. The first-order valence-corrected chi connectivity index (χ1v) is 7.86. The molecule has 1 aromatic heterocycles. The lowest BCUT2D eigenvalue weighted by Gasteiger charge is -2.13. The molecule has 6 heteroatoms. The molecule has 0 saturated heterocycles. The maximum Gasteiger partial charge on any atom is 0.133 e. The van der Waals surface area contributed by atoms with Crippen LogP contribution < -0.4 is 4.74 Å². The van der Waals surface area contributed by atoms with E-state index in [2.05, 4.69) is 21.0 Å². The average molecular weight is 374 g/mol. The summed E-state index contributed by atoms with van der Waals surface area (Å²) in [7, 11) is 3.45. The van der Waals surface area contributed by atoms with E-state index in [1.54, 1.807) is 11.8 Å². The zero-order valence-electron chi connectivity index (χ0n) is 12.2. The maximum atomic E-state index is 10.4. The molecule has 2 aromatic rings. The topological polar surface area (TPSA) is 47.3 Å². The lowest BCUT2D eigenvalue weighted by molar-refractivity contribution is 0.175. The van der Waals surface area contributed by atoms with Gasteiger partial charge in [-0.05, 0) is 40.0 Å². The van der Waals surface area contributed by atoms with Crippen LogP contribution in [0.15, 0.2) is 22.7 Å². The molecule has 21 heavy (non-hydrogen) atoms. The fraction of sp³-hybridized carbons (Fsp3) is 0.400. The molecular weight excluding hydrogens is 356 g/mol. The van der Waals surface area contributed by atoms with E-state index >= 15 is 0 Å². The SMILES string of the molecule is CCc1nn(C)c(CC(O)c2ccc(OC)c(Br)c2)c1Cl. The normalized spacial score (nSPS) is 12.5. The molecule has 0 aliphatic carbocycles. The molecule has 0 bridgehead atoms. The third-order valence-electron chi connectivity index (χ3n) is 3.45. The average Bonchev–Trinajstić information content (AvgIpc) is 2.74. The highest BCUT2D eigenvalue weighted by molar-refractivity contribution is 9.10. The molecular formula is C15H18BrClN2O2. The Kier molecular flexibility index (Phi) is 5.30. The molecule has 1 unspecified atom stereocenters. The Morgan fingerprint density at radius 2 is 2.19 bits per heavy atom. The minimum Gasteiger partial charge on any atom is -0.496 e. The Labute approximate surface area is 137 Å². The Morgan fingerprint density at radius 3 is 2.71 bits per heavy atom. The van der Waals surface area contributed by atoms with Gasteiger partial charge in [-0.2, -0.15) is 5.10 Å². The van der Waals surface area contributed by atoms with Gasteiger partial charge in [-0.15, -0.1) is 0 Å². The quantitative estimate of drug-likeness (QED) is 0.869. The minimum absolute atomic E-state index is 0.418. The second-order valence-corrected chi connectivity index (χ2v) is 6.03. The van der Waals surface area contributed by atoms with Crippen molar-refractivity contribution in [2.45, 2.75) is 25.9 Å². The van der Waals surface area contributed by atoms with Crippen LogP contribution in [0, 0.1) is 0 Å². The first-order valence-electron chi connectivity index (χ1n) is 6.69. The highest BCUT2D eigenvalue weighted by atomic mass is 79.9. The van der Waals surface area contributed by atoms with E-state index in [0.717, 1.165) is 33.6 Å². The molecule has 0 radical (unpaired) electrons. The molecule has 4 nitrogen and oxygen atoms in total. The van der Waals surface area contributed by atoms with Crippen molar-refractivity contribution >= 4 is 27.5 Å². The van der Waals surface area contributed by atoms with E-state index < -0.39 is 6.10 Å². The van der Waals surface area contributed by atoms with E-state index in [4.69, 9.17) is 16.3 Å². The number of rotatable bonds is 5. The number of hydrogen-bond acceptors (Lipinski definition) is 3. The van der Waals surface area contributed by atoms with Crippen LogP contribution >= 0.6 is 27.5 Å². The van der Waals surface area contributed by atoms with Gasteiger partial charge < -0.3 is 9.84 Å². The van der Waals surface area contributed by atoms with Crippen LogP contribution in [-0.2, 0) is 19.9 Å². The van der Waals surface area contributed by atoms with Crippen molar-refractivity contribution in [3.8, 4) is 5.75 Å². The summed E-state index contributed by atoms with van der Waals surface area (Å²) in [5, 5.41) is 15.4. The van der Waals surface area contributed by atoms with Crippen molar-refractivity contribution in [2.24, 2.45) is 7.05 Å². The molecule has 0 saturated carbocycles. The monoisotopic (exact) mass is 372 g/mol. The Hall–Kier alpha value is -1.04. The molecule has 114 valence electrons. The van der Waals surface area contributed by atoms with E-state index in [9.17, 15) is 5.11 Å². The number of methoxy groups -OCH3 is 1. The van der Waals surface area contributed by atoms with Crippen molar-refractivity contribution in [3.05, 3.63) is 44.6 Å². The first-order chi connectivity index (χ1) is 9.97. The van der Waals surface area contributed by atoms with Crippen molar-refractivity contribution < 1.29 is 9.84 Å². The van der Waals surface area contributed by atoms with Gasteiger partial charge in [0.05, 0.1) is 34.1 Å². The maximum absolute atomic E-state index is 10.4. The van der Waals surface area contributed by atoms with Crippen molar-refractivity contribution in [3.63, 3.8) is 0 Å². The summed E-state index contributed by atoms with van der Waals surface area (Å²) in [6, 6.07) is 5.53. The van der Waals surface area contributed by atoms with Gasteiger partial charge in [0.15, 0.2) is 0 Å². The van der Waals surface area contributed by atoms with Gasteiger partial charge in [-0.1, -0.05) is 24.6 Å². The lowest BCUT2D eigenvalue weighted by atomic mass is 10.0. The van der Waals surface area contributed by atoms with Crippen LogP contribution in [0.25, 0.3) is 0 Å². The van der Waals surface area contributed by atoms with Gasteiger partial charge in [-0.25, -0.2) is 0 Å². The molecule has 1 atom stereocenters. The molecule has 0 fully saturated rings. The summed E-state index contributed by atoms with van der Waals surface area (Å²) >= 11 is 9.74. The summed E-state index contributed by atoms with van der Waals surface area (Å²) in [4.78, 5) is 0. The Bertz CT molecular complexity index is 643. The van der Waals surface area contributed by atoms with E-state index in [1.807, 2.05) is 32.2 Å². The second kappa shape index (κ2) is 6.81. The van der Waals surface area contributed by atoms with Crippen molar-refractivity contribution in [2.75, 3.05) is 7.11 Å². The van der Waals surface area contributed by atoms with Crippen molar-refractivity contribution in [1.29, 1.82) is 0 Å². The minimum atomic E-state index is -0.648. The lowest BCUT2D eigenvalue weighted by Crippen LogP contribution is -2.07. The third kappa shape index (κ3) is 3.42. The number of nitrogens with zero attached hydrogens (tertiary/aromatic N) is 2. The standard InChI is InChI=1S/C15H18BrClN2O2/c1-4-11-15(17)12(19(2)18-11)8-13(20)9-5-6-14(21-3)10(16)7-9/h5-7,13,20H,4,8H2,1-3H3. The summed E-state index contributed by atoms with van der Waals surface area (Å²) < 4.78 is 7.74. The van der Waals surface area contributed by atoms with Crippen LogP contribution in [0.2, 0.25) is 5.02 Å². The van der Waals surface area contributed by atoms with Gasteiger partial charge in [0, 0.05) is 13.5 Å². The van der Waals surface area contributed by atoms with Crippen LogP contribution in [0.1, 0.15) is 30.0 Å². The molecule has 0 aliphatic heterocycles. The fourth-order valence-electron chi connectivity index (χ4n) is 2.23. The first kappa shape index (κ1) is 16.3. The second-order valence-electron chi connectivity index (χ2n) is 4.80. The van der Waals surface area contributed by atoms with Crippen LogP contribution in [-0.4, -0.2) is 22.0 Å². The van der Waals surface area contributed by atoms with E-state index in [0.29, 0.717) is 11.4 Å². The van der Waals surface area contributed by atoms with Gasteiger partial charge in [0.25, 0.3) is 0 Å². The highest BCUT2D eigenvalue weighted by Gasteiger charge is 2.18. The summed E-state index contributed by atoms with van der Waals surface area (Å²) in [5.41, 5.74) is 2.50. The van der Waals surface area contributed by atoms with Crippen molar-refractivity contribution in [1.82, 2.24) is 9.78 Å². The summed E-state index contributed by atoms with van der Waals surface area (Å²) in [6.45, 7) is 2.01. The zero-order valence-corrected chi connectivity index (χ0v) is 14.6. The molecule has 1 heterocycles. The van der Waals surface area contributed by atoms with E-state index in [-0.39, 0.29) is 0 Å². The Balaban J connectivity index is 2.24. The number of aromatic nitrogens is 2. The Morgan fingerprint density at radius 1 is 1.48 bits per heavy atom. The van der Waals surface area contributed by atoms with Gasteiger partial charge in [0.2, 0.25) is 0 Å². The van der Waals surface area contributed by atoms with Crippen LogP contribution in [0.3, 0.4) is 0 Å². The van der Waals surface area contributed by atoms with E-state index in [1.165, 1.54) is 0 Å². The predicted octanol–water partition coefficient (Wildman–Crippen LogP) is 3.68. The number of ether oxygens (including phenoxy) is 1. The molecule has 0 aliphatic rings. The highest BCUT2D eigenvalue weighted by Crippen LogP contribution is 2.31. The number of aliphatic hydroxyl groups excluding tert-OH is 1. The third-order valence-corrected chi connectivity index (χ3v) is 4.51. The molecule has 0 spiro atoms. The number of aryl methyl sites for hydroxylation is 2. The van der Waals surface area contributed by atoms with Gasteiger partial charge in [0.1, 0.15) is 5.75 Å². The molecule has 1 N–H and O–H groups in total. The summed E-state index contributed by atoms with van der Waals surface area (Å²) in [5.74, 6) is 0.734. The van der Waals surface area contributed by atoms with Gasteiger partial charge >= 0.3 is 0 Å². The number of benzene rings is 1. The fourth-order valence-corrected chi connectivity index (χ4v) is 3.16. The summed E-state index contributed by atoms with van der Waals surface area (Å²) in [6.07, 6.45) is 0.544. The number of halogens is 2. The molecule has 2 rings (SSSR count). The zero-order chi connectivity index (χ0) is 15.6. The smallest absolute Gasteiger partial charge is 0.133 e. The largest absolute Gasteiger partial charge is 0.496 e. The van der Waals surface area contributed by atoms with Crippen LogP contribution in [0.4, 0.5) is 0 Å². The number of hydrogen-bond donors (Lipinski definition) is 1. The van der Waals surface area contributed by atoms with Gasteiger partial charge in [-0.3, -0.25) is 4.68 Å². The molecule has 1 aromatic carbocycles.